The number of carbonyl (C=O) groups is 1. The van der Waals surface area contributed by atoms with Crippen LogP contribution in [0.15, 0.2) is 47.4 Å². The molecule has 2 N–H and O–H groups in total. The molecule has 3 aromatic heterocycles. The first-order valence-corrected chi connectivity index (χ1v) is 8.76. The van der Waals surface area contributed by atoms with Crippen molar-refractivity contribution in [1.29, 1.82) is 0 Å². The molecular formula is C19H15F3N6O2. The molecule has 0 bridgehead atoms. The highest BCUT2D eigenvalue weighted by atomic mass is 19.4. The lowest BCUT2D eigenvalue weighted by atomic mass is 10.1. The van der Waals surface area contributed by atoms with Crippen molar-refractivity contribution >= 4 is 17.4 Å². The molecule has 0 unspecified atom stereocenters. The molecule has 1 aromatic carbocycles. The van der Waals surface area contributed by atoms with Gasteiger partial charge >= 0.3 is 6.18 Å². The molecule has 0 saturated heterocycles. The molecule has 3 heterocycles. The first-order chi connectivity index (χ1) is 14.2. The maximum atomic E-state index is 13.7. The summed E-state index contributed by atoms with van der Waals surface area (Å²) in [6.45, 7) is 1.44. The third kappa shape index (κ3) is 3.13. The zero-order valence-corrected chi connectivity index (χ0v) is 15.8. The number of hydrogen-bond acceptors (Lipinski definition) is 4. The van der Waals surface area contributed by atoms with Gasteiger partial charge in [-0.25, -0.2) is 0 Å². The number of alkyl halides is 3. The van der Waals surface area contributed by atoms with E-state index in [1.54, 1.807) is 25.2 Å². The summed E-state index contributed by atoms with van der Waals surface area (Å²) >= 11 is 0. The predicted molar refractivity (Wildman–Crippen MR) is 102 cm³/mol. The minimum Gasteiger partial charge on any atom is -0.342 e. The molecule has 0 saturated carbocycles. The quantitative estimate of drug-likeness (QED) is 0.537. The van der Waals surface area contributed by atoms with Gasteiger partial charge in [0.2, 0.25) is 0 Å². The van der Waals surface area contributed by atoms with Crippen LogP contribution >= 0.6 is 0 Å². The van der Waals surface area contributed by atoms with Gasteiger partial charge in [0.15, 0.2) is 5.69 Å². The lowest BCUT2D eigenvalue weighted by Gasteiger charge is -2.09. The summed E-state index contributed by atoms with van der Waals surface area (Å²) in [5.41, 5.74) is -2.59. The van der Waals surface area contributed by atoms with Crippen molar-refractivity contribution in [2.75, 3.05) is 5.32 Å². The van der Waals surface area contributed by atoms with Gasteiger partial charge in [-0.15, -0.1) is 0 Å². The molecular weight excluding hydrogens is 401 g/mol. The van der Waals surface area contributed by atoms with E-state index in [1.165, 1.54) is 36.0 Å². The van der Waals surface area contributed by atoms with Gasteiger partial charge < -0.3 is 10.3 Å². The third-order valence-corrected chi connectivity index (χ3v) is 4.59. The van der Waals surface area contributed by atoms with Gasteiger partial charge in [0.1, 0.15) is 17.0 Å². The summed E-state index contributed by atoms with van der Waals surface area (Å²) < 4.78 is 43.0. The number of halogens is 3. The summed E-state index contributed by atoms with van der Waals surface area (Å²) in [4.78, 5) is 28.4. The van der Waals surface area contributed by atoms with Gasteiger partial charge in [0.05, 0.1) is 11.8 Å². The first kappa shape index (κ1) is 19.4. The van der Waals surface area contributed by atoms with Crippen LogP contribution in [0.5, 0.6) is 0 Å². The number of hydrogen-bond donors (Lipinski definition) is 2. The number of carbonyl (C=O) groups excluding carboxylic acids is 1. The zero-order chi connectivity index (χ0) is 21.6. The second-order valence-electron chi connectivity index (χ2n) is 6.57. The van der Waals surface area contributed by atoms with Crippen molar-refractivity contribution < 1.29 is 18.0 Å². The van der Waals surface area contributed by atoms with E-state index in [0.717, 1.165) is 0 Å². The van der Waals surface area contributed by atoms with E-state index in [4.69, 9.17) is 0 Å². The van der Waals surface area contributed by atoms with Crippen LogP contribution < -0.4 is 10.9 Å². The number of fused-ring (bicyclic) bond motifs is 1. The maximum Gasteiger partial charge on any atom is 0.435 e. The molecule has 0 radical (unpaired) electrons. The summed E-state index contributed by atoms with van der Waals surface area (Å²) in [5, 5.41) is 9.93. The minimum absolute atomic E-state index is 0.109. The number of aryl methyl sites for hydroxylation is 2. The Kier molecular flexibility index (Phi) is 4.45. The van der Waals surface area contributed by atoms with Crippen LogP contribution in [-0.4, -0.2) is 30.3 Å². The third-order valence-electron chi connectivity index (χ3n) is 4.59. The zero-order valence-electron chi connectivity index (χ0n) is 15.8. The van der Waals surface area contributed by atoms with E-state index in [-0.39, 0.29) is 28.0 Å². The van der Waals surface area contributed by atoms with Crippen molar-refractivity contribution in [2.24, 2.45) is 7.05 Å². The number of H-pyrrole nitrogens is 1. The fraction of sp³-hybridized carbons (Fsp3) is 0.158. The Balaban J connectivity index is 1.94. The van der Waals surface area contributed by atoms with Gasteiger partial charge in [0.25, 0.3) is 11.5 Å². The number of nitrogens with zero attached hydrogens (tertiary/aromatic N) is 4. The Morgan fingerprint density at radius 3 is 2.47 bits per heavy atom. The number of aromatic nitrogens is 5. The highest BCUT2D eigenvalue weighted by Crippen LogP contribution is 2.38. The SMILES string of the molecule is Cc1[nH]c2c(-c3ccccc3)c(C(F)(F)F)nn2c(=O)c1C(=O)Nc1ccnn1C. The molecule has 0 spiro atoms. The van der Waals surface area contributed by atoms with E-state index < -0.39 is 23.3 Å². The van der Waals surface area contributed by atoms with E-state index in [1.807, 2.05) is 0 Å². The van der Waals surface area contributed by atoms with Crippen LogP contribution in [0.4, 0.5) is 19.0 Å². The molecule has 0 aliphatic rings. The van der Waals surface area contributed by atoms with E-state index in [0.29, 0.717) is 10.3 Å². The fourth-order valence-corrected chi connectivity index (χ4v) is 3.21. The van der Waals surface area contributed by atoms with Gasteiger partial charge in [-0.2, -0.15) is 27.9 Å². The predicted octanol–water partition coefficient (Wildman–Crippen LogP) is 3.00. The molecule has 0 aliphatic carbocycles. The van der Waals surface area contributed by atoms with Crippen LogP contribution in [0.25, 0.3) is 16.8 Å². The van der Waals surface area contributed by atoms with Gasteiger partial charge in [-0.05, 0) is 12.5 Å². The summed E-state index contributed by atoms with van der Waals surface area (Å²) in [7, 11) is 1.59. The van der Waals surface area contributed by atoms with E-state index in [2.05, 4.69) is 20.5 Å². The smallest absolute Gasteiger partial charge is 0.342 e. The van der Waals surface area contributed by atoms with Crippen LogP contribution in [0, 0.1) is 6.92 Å². The lowest BCUT2D eigenvalue weighted by Crippen LogP contribution is -2.29. The number of anilines is 1. The van der Waals surface area contributed by atoms with E-state index in [9.17, 15) is 22.8 Å². The number of rotatable bonds is 3. The van der Waals surface area contributed by atoms with Gasteiger partial charge in [-0.3, -0.25) is 14.3 Å². The summed E-state index contributed by atoms with van der Waals surface area (Å²) in [5.74, 6) is -0.468. The Hall–Kier alpha value is -3.89. The highest BCUT2D eigenvalue weighted by Gasteiger charge is 2.39. The molecule has 1 amide bonds. The van der Waals surface area contributed by atoms with Crippen molar-refractivity contribution in [3.8, 4) is 11.1 Å². The molecule has 0 aliphatic heterocycles. The number of aromatic amines is 1. The summed E-state index contributed by atoms with van der Waals surface area (Å²) in [6, 6.07) is 9.33. The lowest BCUT2D eigenvalue weighted by molar-refractivity contribution is -0.140. The molecule has 154 valence electrons. The minimum atomic E-state index is -4.80. The van der Waals surface area contributed by atoms with Crippen LogP contribution in [0.3, 0.4) is 0 Å². The monoisotopic (exact) mass is 416 g/mol. The van der Waals surface area contributed by atoms with Crippen molar-refractivity contribution in [2.45, 2.75) is 13.1 Å². The number of amides is 1. The Morgan fingerprint density at radius 1 is 1.17 bits per heavy atom. The Morgan fingerprint density at radius 2 is 1.87 bits per heavy atom. The van der Waals surface area contributed by atoms with Gasteiger partial charge in [0, 0.05) is 18.8 Å². The number of nitrogens with one attached hydrogen (secondary N) is 2. The average molecular weight is 416 g/mol. The first-order valence-electron chi connectivity index (χ1n) is 8.76. The standard InChI is InChI=1S/C19H15F3N6O2/c1-10-13(17(29)25-12-8-9-23-27(12)2)18(30)28-16(24-10)14(11-6-4-3-5-7-11)15(26-28)19(20,21)22/h3-9,24H,1-2H3,(H,25,29). The Bertz CT molecular complexity index is 1320. The van der Waals surface area contributed by atoms with Crippen LogP contribution in [0.1, 0.15) is 21.7 Å². The van der Waals surface area contributed by atoms with Crippen molar-refractivity contribution in [3.63, 3.8) is 0 Å². The second kappa shape index (κ2) is 6.87. The maximum absolute atomic E-state index is 13.7. The highest BCUT2D eigenvalue weighted by molar-refractivity contribution is 6.04. The largest absolute Gasteiger partial charge is 0.435 e. The molecule has 0 fully saturated rings. The number of benzene rings is 1. The topological polar surface area (TPSA) is 97.1 Å². The van der Waals surface area contributed by atoms with Crippen molar-refractivity contribution in [1.82, 2.24) is 24.4 Å². The fourth-order valence-electron chi connectivity index (χ4n) is 3.21. The Labute approximate surface area is 167 Å². The molecule has 8 nitrogen and oxygen atoms in total. The second-order valence-corrected chi connectivity index (χ2v) is 6.57. The van der Waals surface area contributed by atoms with Gasteiger partial charge in [-0.1, -0.05) is 30.3 Å². The molecule has 11 heteroatoms. The molecule has 4 aromatic rings. The van der Waals surface area contributed by atoms with Crippen molar-refractivity contribution in [3.05, 3.63) is 69.9 Å². The van der Waals surface area contributed by atoms with Crippen LogP contribution in [0.2, 0.25) is 0 Å². The molecule has 30 heavy (non-hydrogen) atoms. The van der Waals surface area contributed by atoms with E-state index >= 15 is 0 Å². The average Bonchev–Trinajstić information content (AvgIpc) is 3.26. The van der Waals surface area contributed by atoms with Crippen LogP contribution in [-0.2, 0) is 13.2 Å². The molecule has 4 rings (SSSR count). The molecule has 0 atom stereocenters. The normalized spacial score (nSPS) is 11.8. The summed E-state index contributed by atoms with van der Waals surface area (Å²) in [6.07, 6.45) is -3.35.